The van der Waals surface area contributed by atoms with Crippen LogP contribution in [0.5, 0.6) is 0 Å². The number of benzene rings is 1. The van der Waals surface area contributed by atoms with E-state index in [1.54, 1.807) is 6.07 Å². The van der Waals surface area contributed by atoms with E-state index >= 15 is 0 Å². The minimum atomic E-state index is 0.114. The van der Waals surface area contributed by atoms with Crippen LogP contribution in [0, 0.1) is 0 Å². The smallest absolute Gasteiger partial charge is 0.256 e. The number of carbonyl (C=O) groups is 1. The molecule has 144 valence electrons. The molecule has 2 aromatic heterocycles. The Morgan fingerprint density at radius 2 is 1.79 bits per heavy atom. The van der Waals surface area contributed by atoms with Gasteiger partial charge in [0.2, 0.25) is 0 Å². The number of nitrogens with zero attached hydrogens (tertiary/aromatic N) is 3. The molecule has 5 nitrogen and oxygen atoms in total. The highest BCUT2D eigenvalue weighted by atomic mass is 35.5. The topological polar surface area (TPSA) is 52.2 Å². The summed E-state index contributed by atoms with van der Waals surface area (Å²) in [5.41, 5.74) is 4.53. The first-order valence-electron chi connectivity index (χ1n) is 10.00. The van der Waals surface area contributed by atoms with Gasteiger partial charge < -0.3 is 14.8 Å². The van der Waals surface area contributed by atoms with E-state index in [1.807, 2.05) is 29.2 Å². The highest BCUT2D eigenvalue weighted by molar-refractivity contribution is 6.29. The molecule has 1 saturated heterocycles. The summed E-state index contributed by atoms with van der Waals surface area (Å²) in [5, 5.41) is 1.72. The highest BCUT2D eigenvalue weighted by Crippen LogP contribution is 2.31. The van der Waals surface area contributed by atoms with Gasteiger partial charge in [-0.25, -0.2) is 4.98 Å². The molecule has 6 heteroatoms. The van der Waals surface area contributed by atoms with Crippen molar-refractivity contribution in [3.8, 4) is 0 Å². The number of halogens is 1. The van der Waals surface area contributed by atoms with E-state index in [1.165, 1.54) is 29.5 Å². The summed E-state index contributed by atoms with van der Waals surface area (Å²) in [7, 11) is 0. The summed E-state index contributed by atoms with van der Waals surface area (Å²) in [5.74, 6) is 0.988. The van der Waals surface area contributed by atoms with Crippen LogP contribution < -0.4 is 4.90 Å². The van der Waals surface area contributed by atoms with Crippen molar-refractivity contribution in [3.63, 3.8) is 0 Å². The fraction of sp³-hybridized carbons (Fsp3) is 0.364. The van der Waals surface area contributed by atoms with Gasteiger partial charge in [-0.3, -0.25) is 4.79 Å². The maximum Gasteiger partial charge on any atom is 0.256 e. The Morgan fingerprint density at radius 1 is 1.00 bits per heavy atom. The van der Waals surface area contributed by atoms with Gasteiger partial charge in [0.05, 0.1) is 11.1 Å². The van der Waals surface area contributed by atoms with E-state index in [2.05, 4.69) is 20.9 Å². The number of pyridine rings is 1. The van der Waals surface area contributed by atoms with Gasteiger partial charge in [0.15, 0.2) is 0 Å². The van der Waals surface area contributed by atoms with Gasteiger partial charge in [0, 0.05) is 37.3 Å². The lowest BCUT2D eigenvalue weighted by atomic mass is 9.95. The zero-order valence-electron chi connectivity index (χ0n) is 15.7. The van der Waals surface area contributed by atoms with Crippen LogP contribution in [0.25, 0.3) is 10.9 Å². The molecule has 28 heavy (non-hydrogen) atoms. The number of amides is 1. The average molecular weight is 395 g/mol. The predicted molar refractivity (Wildman–Crippen MR) is 112 cm³/mol. The minimum absolute atomic E-state index is 0.114. The number of hydrogen-bond donors (Lipinski definition) is 1. The summed E-state index contributed by atoms with van der Waals surface area (Å²) in [4.78, 5) is 25.4. The molecule has 0 unspecified atom stereocenters. The number of anilines is 1. The number of piperazine rings is 1. The fourth-order valence-corrected chi connectivity index (χ4v) is 4.65. The molecule has 1 N–H and O–H groups in total. The standard InChI is InChI=1S/C22H23ClN4O/c23-19-9-4-10-20(25-19)26-11-13-27(14-12-26)22(28)17-7-3-6-16-15-5-1-2-8-18(15)24-21(16)17/h3-4,6-7,9-10,24H,1-2,5,8,11-14H2. The molecule has 1 aliphatic carbocycles. The van der Waals surface area contributed by atoms with Crippen molar-refractivity contribution in [2.75, 3.05) is 31.1 Å². The Balaban J connectivity index is 1.37. The lowest BCUT2D eigenvalue weighted by molar-refractivity contribution is 0.0748. The summed E-state index contributed by atoms with van der Waals surface area (Å²) < 4.78 is 0. The monoisotopic (exact) mass is 394 g/mol. The zero-order chi connectivity index (χ0) is 19.1. The van der Waals surface area contributed by atoms with E-state index < -0.39 is 0 Å². The average Bonchev–Trinajstić information content (AvgIpc) is 3.12. The molecule has 3 heterocycles. The number of hydrogen-bond acceptors (Lipinski definition) is 3. The number of fused-ring (bicyclic) bond motifs is 3. The van der Waals surface area contributed by atoms with Crippen LogP contribution in [-0.2, 0) is 12.8 Å². The molecular weight excluding hydrogens is 372 g/mol. The molecule has 0 spiro atoms. The number of aromatic amines is 1. The molecule has 0 radical (unpaired) electrons. The Morgan fingerprint density at radius 3 is 2.61 bits per heavy atom. The van der Waals surface area contributed by atoms with Gasteiger partial charge in [-0.2, -0.15) is 0 Å². The largest absolute Gasteiger partial charge is 0.358 e. The van der Waals surface area contributed by atoms with Crippen LogP contribution in [0.15, 0.2) is 36.4 Å². The SMILES string of the molecule is O=C(c1cccc2c3c([nH]c12)CCCC3)N1CCN(c2cccc(Cl)n2)CC1. The summed E-state index contributed by atoms with van der Waals surface area (Å²) >= 11 is 6.02. The van der Waals surface area contributed by atoms with Crippen molar-refractivity contribution in [3.05, 3.63) is 58.4 Å². The summed E-state index contributed by atoms with van der Waals surface area (Å²) in [6, 6.07) is 11.8. The molecule has 1 aliphatic heterocycles. The number of aromatic nitrogens is 2. The van der Waals surface area contributed by atoms with Gasteiger partial charge >= 0.3 is 0 Å². The first-order chi connectivity index (χ1) is 13.7. The first kappa shape index (κ1) is 17.6. The summed E-state index contributed by atoms with van der Waals surface area (Å²) in [6.07, 6.45) is 4.65. The Hall–Kier alpha value is -2.53. The molecule has 0 atom stereocenters. The maximum atomic E-state index is 13.3. The van der Waals surface area contributed by atoms with Crippen molar-refractivity contribution >= 4 is 34.2 Å². The highest BCUT2D eigenvalue weighted by Gasteiger charge is 2.26. The second kappa shape index (κ2) is 7.13. The van der Waals surface area contributed by atoms with Crippen LogP contribution >= 0.6 is 11.6 Å². The van der Waals surface area contributed by atoms with E-state index in [0.29, 0.717) is 18.2 Å². The molecule has 1 fully saturated rings. The second-order valence-corrected chi connectivity index (χ2v) is 8.00. The van der Waals surface area contributed by atoms with E-state index in [0.717, 1.165) is 42.8 Å². The lowest BCUT2D eigenvalue weighted by Gasteiger charge is -2.35. The molecular formula is C22H23ClN4O. The number of nitrogens with one attached hydrogen (secondary N) is 1. The van der Waals surface area contributed by atoms with E-state index in [4.69, 9.17) is 11.6 Å². The van der Waals surface area contributed by atoms with Crippen molar-refractivity contribution in [2.45, 2.75) is 25.7 Å². The number of para-hydroxylation sites is 1. The minimum Gasteiger partial charge on any atom is -0.358 e. The van der Waals surface area contributed by atoms with Crippen molar-refractivity contribution < 1.29 is 4.79 Å². The Labute approximate surface area is 169 Å². The number of rotatable bonds is 2. The van der Waals surface area contributed by atoms with Crippen LogP contribution in [0.4, 0.5) is 5.82 Å². The van der Waals surface area contributed by atoms with Gasteiger partial charge in [-0.15, -0.1) is 0 Å². The molecule has 2 aliphatic rings. The third-order valence-corrected chi connectivity index (χ3v) is 6.17. The number of aryl methyl sites for hydroxylation is 2. The van der Waals surface area contributed by atoms with Crippen LogP contribution in [-0.4, -0.2) is 47.0 Å². The molecule has 1 amide bonds. The quantitative estimate of drug-likeness (QED) is 0.667. The van der Waals surface area contributed by atoms with Crippen molar-refractivity contribution in [1.82, 2.24) is 14.9 Å². The van der Waals surface area contributed by atoms with Crippen molar-refractivity contribution in [1.29, 1.82) is 0 Å². The lowest BCUT2D eigenvalue weighted by Crippen LogP contribution is -2.49. The zero-order valence-corrected chi connectivity index (χ0v) is 16.5. The van der Waals surface area contributed by atoms with Crippen LogP contribution in [0.3, 0.4) is 0 Å². The third-order valence-electron chi connectivity index (χ3n) is 5.95. The van der Waals surface area contributed by atoms with Crippen molar-refractivity contribution in [2.24, 2.45) is 0 Å². The van der Waals surface area contributed by atoms with Crippen LogP contribution in [0.2, 0.25) is 5.15 Å². The third kappa shape index (κ3) is 3.04. The second-order valence-electron chi connectivity index (χ2n) is 7.62. The maximum absolute atomic E-state index is 13.3. The molecule has 0 saturated carbocycles. The normalized spacial score (nSPS) is 17.0. The molecule has 0 bridgehead atoms. The summed E-state index contributed by atoms with van der Waals surface area (Å²) in [6.45, 7) is 2.89. The molecule has 5 rings (SSSR count). The molecule has 1 aromatic carbocycles. The Bertz CT molecular complexity index is 1040. The van der Waals surface area contributed by atoms with Gasteiger partial charge in [0.25, 0.3) is 5.91 Å². The first-order valence-corrected chi connectivity index (χ1v) is 10.4. The Kier molecular flexibility index (Phi) is 4.47. The molecule has 3 aromatic rings. The van der Waals surface area contributed by atoms with E-state index in [-0.39, 0.29) is 5.91 Å². The van der Waals surface area contributed by atoms with Gasteiger partial charge in [-0.05, 0) is 49.4 Å². The van der Waals surface area contributed by atoms with Gasteiger partial charge in [0.1, 0.15) is 11.0 Å². The fourth-order valence-electron chi connectivity index (χ4n) is 4.49. The number of carbonyl (C=O) groups excluding carboxylic acids is 1. The van der Waals surface area contributed by atoms with E-state index in [9.17, 15) is 4.79 Å². The van der Waals surface area contributed by atoms with Crippen LogP contribution in [0.1, 0.15) is 34.5 Å². The predicted octanol–water partition coefficient (Wildman–Crippen LogP) is 4.06. The van der Waals surface area contributed by atoms with Gasteiger partial charge in [-0.1, -0.05) is 29.8 Å². The number of H-pyrrole nitrogens is 1.